The number of aromatic nitrogens is 5. The third-order valence-corrected chi connectivity index (χ3v) is 3.56. The quantitative estimate of drug-likeness (QED) is 0.870. The lowest BCUT2D eigenvalue weighted by atomic mass is 9.74. The van der Waals surface area contributed by atoms with Crippen LogP contribution in [0.3, 0.4) is 0 Å². The minimum Gasteiger partial charge on any atom is -0.481 e. The summed E-state index contributed by atoms with van der Waals surface area (Å²) in [6, 6.07) is 1.53. The van der Waals surface area contributed by atoms with Crippen LogP contribution in [-0.4, -0.2) is 50.6 Å². The van der Waals surface area contributed by atoms with Crippen LogP contribution in [0.4, 0.5) is 8.78 Å². The highest BCUT2D eigenvalue weighted by Crippen LogP contribution is 2.44. The zero-order valence-electron chi connectivity index (χ0n) is 12.7. The number of ether oxygens (including phenoxy) is 2. The van der Waals surface area contributed by atoms with Crippen LogP contribution in [0.2, 0.25) is 0 Å². The highest BCUT2D eigenvalue weighted by atomic mass is 19.3. The largest absolute Gasteiger partial charge is 0.481 e. The van der Waals surface area contributed by atoms with Crippen LogP contribution in [0, 0.1) is 0 Å². The lowest BCUT2D eigenvalue weighted by molar-refractivity contribution is -0.127. The van der Waals surface area contributed by atoms with Crippen molar-refractivity contribution in [1.82, 2.24) is 25.0 Å². The fraction of sp³-hybridized carbons (Fsp3) is 0.538. The zero-order chi connectivity index (χ0) is 16.7. The van der Waals surface area contributed by atoms with Crippen LogP contribution in [0.1, 0.15) is 12.8 Å². The molecule has 2 aromatic heterocycles. The van der Waals surface area contributed by atoms with Crippen molar-refractivity contribution in [3.05, 3.63) is 12.3 Å². The Morgan fingerprint density at radius 3 is 2.35 bits per heavy atom. The van der Waals surface area contributed by atoms with Gasteiger partial charge in [0.05, 0.1) is 33.0 Å². The summed E-state index contributed by atoms with van der Waals surface area (Å²) in [5, 5.41) is 7.85. The van der Waals surface area contributed by atoms with E-state index < -0.39 is 11.5 Å². The molecule has 0 radical (unpaired) electrons. The molecule has 10 heteroatoms. The number of alkyl halides is 2. The standard InChI is InChI=1S/C13H16F2N6O2/c1-22-9-3-10(23-2)18-11(17-9)8-4-21(20-19-8)7-12(16)5-13(14,15)6-12/h3-4H,5-7,16H2,1-2H3. The molecule has 1 saturated carbocycles. The molecule has 0 amide bonds. The van der Waals surface area contributed by atoms with Gasteiger partial charge in [0.2, 0.25) is 11.8 Å². The van der Waals surface area contributed by atoms with E-state index >= 15 is 0 Å². The van der Waals surface area contributed by atoms with E-state index in [-0.39, 0.29) is 25.2 Å². The lowest BCUT2D eigenvalue weighted by Crippen LogP contribution is -2.60. The van der Waals surface area contributed by atoms with Crippen molar-refractivity contribution in [1.29, 1.82) is 0 Å². The van der Waals surface area contributed by atoms with E-state index in [1.54, 1.807) is 6.20 Å². The van der Waals surface area contributed by atoms with Crippen molar-refractivity contribution in [2.75, 3.05) is 14.2 Å². The van der Waals surface area contributed by atoms with E-state index in [0.717, 1.165) is 0 Å². The summed E-state index contributed by atoms with van der Waals surface area (Å²) in [5.41, 5.74) is 5.31. The number of rotatable bonds is 5. The summed E-state index contributed by atoms with van der Waals surface area (Å²) in [4.78, 5) is 8.31. The second-order valence-corrected chi connectivity index (χ2v) is 5.65. The lowest BCUT2D eigenvalue weighted by Gasteiger charge is -2.44. The second kappa shape index (κ2) is 5.37. The van der Waals surface area contributed by atoms with E-state index in [9.17, 15) is 8.78 Å². The van der Waals surface area contributed by atoms with Crippen molar-refractivity contribution in [3.63, 3.8) is 0 Å². The summed E-state index contributed by atoms with van der Waals surface area (Å²) in [7, 11) is 2.94. The van der Waals surface area contributed by atoms with Crippen molar-refractivity contribution < 1.29 is 18.3 Å². The van der Waals surface area contributed by atoms with Crippen molar-refractivity contribution in [2.24, 2.45) is 5.73 Å². The van der Waals surface area contributed by atoms with Crippen molar-refractivity contribution >= 4 is 0 Å². The molecule has 1 aliphatic rings. The molecule has 0 bridgehead atoms. The molecular formula is C13H16F2N6O2. The summed E-state index contributed by atoms with van der Waals surface area (Å²) in [5.74, 6) is -1.80. The Hall–Kier alpha value is -2.36. The highest BCUT2D eigenvalue weighted by molar-refractivity contribution is 5.48. The number of nitrogens with two attached hydrogens (primary N) is 1. The molecule has 1 aliphatic carbocycles. The first-order valence-electron chi connectivity index (χ1n) is 6.87. The summed E-state index contributed by atoms with van der Waals surface area (Å²) >= 11 is 0. The molecule has 0 spiro atoms. The van der Waals surface area contributed by atoms with Gasteiger partial charge in [0, 0.05) is 18.4 Å². The third-order valence-electron chi connectivity index (χ3n) is 3.56. The molecule has 0 aromatic carbocycles. The molecule has 0 saturated heterocycles. The molecule has 2 aromatic rings. The Morgan fingerprint density at radius 1 is 1.22 bits per heavy atom. The maximum atomic E-state index is 13.0. The molecule has 2 N–H and O–H groups in total. The van der Waals surface area contributed by atoms with Gasteiger partial charge in [-0.3, -0.25) is 0 Å². The molecule has 3 rings (SSSR count). The van der Waals surface area contributed by atoms with E-state index in [1.807, 2.05) is 0 Å². The van der Waals surface area contributed by atoms with Crippen LogP contribution < -0.4 is 15.2 Å². The minimum atomic E-state index is -2.69. The van der Waals surface area contributed by atoms with E-state index in [0.29, 0.717) is 17.5 Å². The summed E-state index contributed by atoms with van der Waals surface area (Å²) < 4.78 is 37.5. The van der Waals surface area contributed by atoms with Crippen LogP contribution in [-0.2, 0) is 6.54 Å². The topological polar surface area (TPSA) is 101 Å². The predicted molar refractivity (Wildman–Crippen MR) is 75.3 cm³/mol. The highest BCUT2D eigenvalue weighted by Gasteiger charge is 2.54. The zero-order valence-corrected chi connectivity index (χ0v) is 12.7. The van der Waals surface area contributed by atoms with Crippen LogP contribution in [0.5, 0.6) is 11.8 Å². The Bertz CT molecular complexity index is 690. The normalized spacial score (nSPS) is 18.3. The number of hydrogen-bond donors (Lipinski definition) is 1. The Kier molecular flexibility index (Phi) is 3.63. The Balaban J connectivity index is 1.80. The molecule has 0 atom stereocenters. The molecule has 23 heavy (non-hydrogen) atoms. The maximum Gasteiger partial charge on any atom is 0.251 e. The summed E-state index contributed by atoms with van der Waals surface area (Å²) in [6.45, 7) is 0.149. The smallest absolute Gasteiger partial charge is 0.251 e. The molecule has 2 heterocycles. The Labute approximate surface area is 130 Å². The molecule has 8 nitrogen and oxygen atoms in total. The third kappa shape index (κ3) is 3.21. The predicted octanol–water partition coefficient (Wildman–Crippen LogP) is 0.879. The van der Waals surface area contributed by atoms with E-state index in [4.69, 9.17) is 15.2 Å². The van der Waals surface area contributed by atoms with Crippen molar-refractivity contribution in [2.45, 2.75) is 30.8 Å². The SMILES string of the molecule is COc1cc(OC)nc(-c2cn(CC3(N)CC(F)(F)C3)nn2)n1. The average Bonchev–Trinajstić information content (AvgIpc) is 2.92. The van der Waals surface area contributed by atoms with Gasteiger partial charge in [0.15, 0.2) is 11.5 Å². The maximum absolute atomic E-state index is 13.0. The average molecular weight is 326 g/mol. The van der Waals surface area contributed by atoms with E-state index in [2.05, 4.69) is 20.3 Å². The van der Waals surface area contributed by atoms with Crippen LogP contribution in [0.15, 0.2) is 12.3 Å². The first-order valence-corrected chi connectivity index (χ1v) is 6.87. The van der Waals surface area contributed by atoms with Gasteiger partial charge in [-0.2, -0.15) is 9.97 Å². The first-order chi connectivity index (χ1) is 10.8. The van der Waals surface area contributed by atoms with Gasteiger partial charge in [-0.05, 0) is 0 Å². The van der Waals surface area contributed by atoms with Gasteiger partial charge in [0.25, 0.3) is 5.92 Å². The van der Waals surface area contributed by atoms with Crippen molar-refractivity contribution in [3.8, 4) is 23.3 Å². The first kappa shape index (κ1) is 15.5. The monoisotopic (exact) mass is 326 g/mol. The van der Waals surface area contributed by atoms with Gasteiger partial charge >= 0.3 is 0 Å². The fourth-order valence-corrected chi connectivity index (χ4v) is 2.62. The molecule has 124 valence electrons. The minimum absolute atomic E-state index is 0.149. The number of halogens is 2. The van der Waals surface area contributed by atoms with Gasteiger partial charge in [-0.1, -0.05) is 5.21 Å². The Morgan fingerprint density at radius 2 is 1.83 bits per heavy atom. The second-order valence-electron chi connectivity index (χ2n) is 5.65. The van der Waals surface area contributed by atoms with Gasteiger partial charge in [-0.25, -0.2) is 13.5 Å². The van der Waals surface area contributed by atoms with Gasteiger partial charge in [0.1, 0.15) is 0 Å². The van der Waals surface area contributed by atoms with Gasteiger partial charge < -0.3 is 15.2 Å². The van der Waals surface area contributed by atoms with E-state index in [1.165, 1.54) is 25.0 Å². The number of methoxy groups -OCH3 is 2. The fourth-order valence-electron chi connectivity index (χ4n) is 2.62. The van der Waals surface area contributed by atoms with Gasteiger partial charge in [-0.15, -0.1) is 5.10 Å². The molecule has 0 aliphatic heterocycles. The number of hydrogen-bond acceptors (Lipinski definition) is 7. The van der Waals surface area contributed by atoms with Crippen LogP contribution in [0.25, 0.3) is 11.5 Å². The number of nitrogens with zero attached hydrogens (tertiary/aromatic N) is 5. The molecule has 0 unspecified atom stereocenters. The molecular weight excluding hydrogens is 310 g/mol. The summed E-state index contributed by atoms with van der Waals surface area (Å²) in [6.07, 6.45) is 0.830. The van der Waals surface area contributed by atoms with Crippen LogP contribution >= 0.6 is 0 Å². The molecule has 1 fully saturated rings.